The van der Waals surface area contributed by atoms with Crippen LogP contribution >= 0.6 is 27.3 Å². The zero-order valence-electron chi connectivity index (χ0n) is 9.41. The summed E-state index contributed by atoms with van der Waals surface area (Å²) in [6.45, 7) is 2.20. The molecule has 0 N–H and O–H groups in total. The smallest absolute Gasteiger partial charge is 0.0352 e. The van der Waals surface area contributed by atoms with Gasteiger partial charge in [-0.05, 0) is 30.7 Å². The number of rotatable bonds is 1. The van der Waals surface area contributed by atoms with E-state index >= 15 is 0 Å². The van der Waals surface area contributed by atoms with Crippen molar-refractivity contribution in [2.75, 3.05) is 0 Å². The number of fused-ring (bicyclic) bond motifs is 1. The SMILES string of the molecule is Cc1sc2ccccc2c1-c1ccc(Br)cc1. The van der Waals surface area contributed by atoms with Crippen molar-refractivity contribution < 1.29 is 0 Å². The van der Waals surface area contributed by atoms with Gasteiger partial charge in [-0.1, -0.05) is 46.3 Å². The first-order valence-electron chi connectivity index (χ1n) is 5.50. The van der Waals surface area contributed by atoms with Crippen molar-refractivity contribution in [3.63, 3.8) is 0 Å². The number of aryl methyl sites for hydroxylation is 1. The van der Waals surface area contributed by atoms with Crippen LogP contribution in [0, 0.1) is 6.92 Å². The molecule has 0 spiro atoms. The Bertz CT molecular complexity index is 665. The van der Waals surface area contributed by atoms with Crippen molar-refractivity contribution in [3.8, 4) is 11.1 Å². The molecule has 3 rings (SSSR count). The van der Waals surface area contributed by atoms with Crippen LogP contribution in [0.1, 0.15) is 4.88 Å². The molecule has 0 nitrogen and oxygen atoms in total. The second kappa shape index (κ2) is 4.28. The van der Waals surface area contributed by atoms with E-state index in [0.29, 0.717) is 0 Å². The van der Waals surface area contributed by atoms with E-state index in [-0.39, 0.29) is 0 Å². The minimum absolute atomic E-state index is 1.12. The van der Waals surface area contributed by atoms with Crippen LogP contribution in [0.2, 0.25) is 0 Å². The van der Waals surface area contributed by atoms with Crippen LogP contribution in [0.25, 0.3) is 21.2 Å². The standard InChI is InChI=1S/C15H11BrS/c1-10-15(11-6-8-12(16)9-7-11)13-4-2-3-5-14(13)17-10/h2-9H,1H3. The maximum absolute atomic E-state index is 3.48. The monoisotopic (exact) mass is 302 g/mol. The molecule has 0 fully saturated rings. The maximum Gasteiger partial charge on any atom is 0.0352 e. The summed E-state index contributed by atoms with van der Waals surface area (Å²) in [5, 5.41) is 1.36. The van der Waals surface area contributed by atoms with Crippen molar-refractivity contribution in [3.05, 3.63) is 57.9 Å². The van der Waals surface area contributed by atoms with E-state index < -0.39 is 0 Å². The third kappa shape index (κ3) is 1.92. The fraction of sp³-hybridized carbons (Fsp3) is 0.0667. The van der Waals surface area contributed by atoms with Gasteiger partial charge in [0.2, 0.25) is 0 Å². The molecule has 1 aromatic heterocycles. The summed E-state index contributed by atoms with van der Waals surface area (Å²) in [7, 11) is 0. The Balaban J connectivity index is 2.29. The van der Waals surface area contributed by atoms with Crippen molar-refractivity contribution in [2.45, 2.75) is 6.92 Å². The van der Waals surface area contributed by atoms with E-state index in [1.165, 1.54) is 26.1 Å². The average molecular weight is 303 g/mol. The van der Waals surface area contributed by atoms with Gasteiger partial charge in [-0.2, -0.15) is 0 Å². The molecule has 0 radical (unpaired) electrons. The molecule has 0 saturated carbocycles. The van der Waals surface area contributed by atoms with Crippen LogP contribution in [0.3, 0.4) is 0 Å². The Morgan fingerprint density at radius 3 is 2.41 bits per heavy atom. The number of halogens is 1. The molecule has 2 heteroatoms. The van der Waals surface area contributed by atoms with Gasteiger partial charge < -0.3 is 0 Å². The number of benzene rings is 2. The molecule has 0 atom stereocenters. The maximum atomic E-state index is 3.48. The first-order valence-corrected chi connectivity index (χ1v) is 7.11. The summed E-state index contributed by atoms with van der Waals surface area (Å²) in [6.07, 6.45) is 0. The van der Waals surface area contributed by atoms with E-state index in [4.69, 9.17) is 0 Å². The largest absolute Gasteiger partial charge is 0.140 e. The lowest BCUT2D eigenvalue weighted by molar-refractivity contribution is 1.58. The van der Waals surface area contributed by atoms with E-state index in [9.17, 15) is 0 Å². The van der Waals surface area contributed by atoms with Crippen molar-refractivity contribution in [1.29, 1.82) is 0 Å². The van der Waals surface area contributed by atoms with Gasteiger partial charge in [0, 0.05) is 25.0 Å². The highest BCUT2D eigenvalue weighted by molar-refractivity contribution is 9.10. The van der Waals surface area contributed by atoms with Crippen LogP contribution in [-0.4, -0.2) is 0 Å². The van der Waals surface area contributed by atoms with Crippen LogP contribution in [0.15, 0.2) is 53.0 Å². The van der Waals surface area contributed by atoms with E-state index in [1.807, 2.05) is 11.3 Å². The molecule has 1 heterocycles. The van der Waals surface area contributed by atoms with Crippen molar-refractivity contribution >= 4 is 37.4 Å². The number of hydrogen-bond donors (Lipinski definition) is 0. The lowest BCUT2D eigenvalue weighted by Gasteiger charge is -2.02. The summed E-state index contributed by atoms with van der Waals surface area (Å²) in [4.78, 5) is 1.38. The molecule has 0 saturated heterocycles. The lowest BCUT2D eigenvalue weighted by atomic mass is 10.0. The van der Waals surface area contributed by atoms with E-state index in [0.717, 1.165) is 4.47 Å². The van der Waals surface area contributed by atoms with Crippen molar-refractivity contribution in [1.82, 2.24) is 0 Å². The third-order valence-electron chi connectivity index (χ3n) is 2.90. The van der Waals surface area contributed by atoms with Crippen LogP contribution < -0.4 is 0 Å². The second-order valence-corrected chi connectivity index (χ2v) is 6.21. The van der Waals surface area contributed by atoms with Gasteiger partial charge >= 0.3 is 0 Å². The topological polar surface area (TPSA) is 0 Å². The molecule has 0 aliphatic rings. The van der Waals surface area contributed by atoms with Gasteiger partial charge in [0.05, 0.1) is 0 Å². The van der Waals surface area contributed by atoms with E-state index in [2.05, 4.69) is 71.4 Å². The van der Waals surface area contributed by atoms with Gasteiger partial charge in [0.15, 0.2) is 0 Å². The molecule has 0 unspecified atom stereocenters. The second-order valence-electron chi connectivity index (χ2n) is 4.04. The summed E-state index contributed by atoms with van der Waals surface area (Å²) < 4.78 is 2.49. The molecular formula is C15H11BrS. The number of hydrogen-bond acceptors (Lipinski definition) is 1. The van der Waals surface area contributed by atoms with Gasteiger partial charge in [0.1, 0.15) is 0 Å². The fourth-order valence-electron chi connectivity index (χ4n) is 2.14. The van der Waals surface area contributed by atoms with E-state index in [1.54, 1.807) is 0 Å². The minimum atomic E-state index is 1.12. The Morgan fingerprint density at radius 1 is 0.941 bits per heavy atom. The molecule has 0 amide bonds. The lowest BCUT2D eigenvalue weighted by Crippen LogP contribution is -1.77. The summed E-state index contributed by atoms with van der Waals surface area (Å²) >= 11 is 5.35. The Kier molecular flexibility index (Phi) is 2.77. The molecule has 0 aliphatic carbocycles. The summed E-state index contributed by atoms with van der Waals surface area (Å²) in [6, 6.07) is 17.1. The van der Waals surface area contributed by atoms with Crippen LogP contribution in [-0.2, 0) is 0 Å². The average Bonchev–Trinajstić information content (AvgIpc) is 2.66. The number of thiophene rings is 1. The van der Waals surface area contributed by atoms with Crippen LogP contribution in [0.5, 0.6) is 0 Å². The molecule has 3 aromatic rings. The Morgan fingerprint density at radius 2 is 1.65 bits per heavy atom. The Labute approximate surface area is 113 Å². The highest BCUT2D eigenvalue weighted by atomic mass is 79.9. The highest BCUT2D eigenvalue weighted by Gasteiger charge is 2.09. The molecule has 17 heavy (non-hydrogen) atoms. The summed E-state index contributed by atoms with van der Waals surface area (Å²) in [5.74, 6) is 0. The normalized spacial score (nSPS) is 10.9. The zero-order chi connectivity index (χ0) is 11.8. The fourth-order valence-corrected chi connectivity index (χ4v) is 3.49. The minimum Gasteiger partial charge on any atom is -0.140 e. The molecule has 0 bridgehead atoms. The molecular weight excluding hydrogens is 292 g/mol. The molecule has 0 aliphatic heterocycles. The van der Waals surface area contributed by atoms with Gasteiger partial charge in [-0.15, -0.1) is 11.3 Å². The predicted octanol–water partition coefficient (Wildman–Crippen LogP) is 5.64. The predicted molar refractivity (Wildman–Crippen MR) is 79.7 cm³/mol. The summed E-state index contributed by atoms with van der Waals surface area (Å²) in [5.41, 5.74) is 2.67. The first kappa shape index (κ1) is 11.0. The van der Waals surface area contributed by atoms with Gasteiger partial charge in [-0.25, -0.2) is 0 Å². The quantitative estimate of drug-likeness (QED) is 0.546. The van der Waals surface area contributed by atoms with Crippen molar-refractivity contribution in [2.24, 2.45) is 0 Å². The molecule has 2 aromatic carbocycles. The molecule has 84 valence electrons. The Hall–Kier alpha value is -1.12. The van der Waals surface area contributed by atoms with Gasteiger partial charge in [-0.3, -0.25) is 0 Å². The van der Waals surface area contributed by atoms with Gasteiger partial charge in [0.25, 0.3) is 0 Å². The third-order valence-corrected chi connectivity index (χ3v) is 4.52. The highest BCUT2D eigenvalue weighted by Crippen LogP contribution is 2.38. The van der Waals surface area contributed by atoms with Crippen LogP contribution in [0.4, 0.5) is 0 Å². The zero-order valence-corrected chi connectivity index (χ0v) is 11.8. The first-order chi connectivity index (χ1) is 8.25.